The number of nitrogens with zero attached hydrogens (tertiary/aromatic N) is 1. The lowest BCUT2D eigenvalue weighted by Gasteiger charge is -2.16. The van der Waals surface area contributed by atoms with Crippen LogP contribution in [0, 0.1) is 17.7 Å². The Morgan fingerprint density at radius 2 is 2.11 bits per heavy atom. The van der Waals surface area contributed by atoms with E-state index in [1.54, 1.807) is 12.1 Å². The molecule has 0 radical (unpaired) electrons. The Morgan fingerprint density at radius 1 is 1.42 bits per heavy atom. The highest BCUT2D eigenvalue weighted by atomic mass is 19.1. The van der Waals surface area contributed by atoms with E-state index in [4.69, 9.17) is 10.9 Å². The van der Waals surface area contributed by atoms with Crippen LogP contribution in [-0.4, -0.2) is 17.6 Å². The standard InChI is InChI=1S/C14H22FN3O/c1-9(2)10(3)7-17-8-12-5-4-11(6-13(12)15)14(16)18-19/h4-6,9-10,17,19H,7-8H2,1-3H3,(H2,16,18). The van der Waals surface area contributed by atoms with E-state index in [0.29, 0.717) is 29.5 Å². The lowest BCUT2D eigenvalue weighted by atomic mass is 9.98. The molecule has 0 spiro atoms. The number of oxime groups is 1. The van der Waals surface area contributed by atoms with Crippen molar-refractivity contribution in [1.29, 1.82) is 0 Å². The molecule has 1 aromatic carbocycles. The van der Waals surface area contributed by atoms with Gasteiger partial charge in [0.05, 0.1) is 0 Å². The summed E-state index contributed by atoms with van der Waals surface area (Å²) < 4.78 is 13.8. The number of hydrogen-bond acceptors (Lipinski definition) is 3. The van der Waals surface area contributed by atoms with E-state index < -0.39 is 0 Å². The fourth-order valence-electron chi connectivity index (χ4n) is 1.58. The predicted molar refractivity (Wildman–Crippen MR) is 74.6 cm³/mol. The van der Waals surface area contributed by atoms with Crippen molar-refractivity contribution in [2.75, 3.05) is 6.54 Å². The lowest BCUT2D eigenvalue weighted by molar-refractivity contribution is 0.318. The third kappa shape index (κ3) is 4.52. The van der Waals surface area contributed by atoms with Gasteiger partial charge in [0.25, 0.3) is 0 Å². The second kappa shape index (κ2) is 7.09. The van der Waals surface area contributed by atoms with Gasteiger partial charge >= 0.3 is 0 Å². The average molecular weight is 267 g/mol. The molecule has 1 unspecified atom stereocenters. The molecule has 1 atom stereocenters. The molecule has 4 N–H and O–H groups in total. The molecule has 0 fully saturated rings. The molecular weight excluding hydrogens is 245 g/mol. The lowest BCUT2D eigenvalue weighted by Crippen LogP contribution is -2.24. The molecule has 0 bridgehead atoms. The van der Waals surface area contributed by atoms with Crippen molar-refractivity contribution in [2.24, 2.45) is 22.7 Å². The largest absolute Gasteiger partial charge is 0.409 e. The molecule has 0 aliphatic rings. The Kier molecular flexibility index (Phi) is 5.76. The molecule has 4 nitrogen and oxygen atoms in total. The molecule has 0 aromatic heterocycles. The number of hydrogen-bond donors (Lipinski definition) is 3. The molecule has 19 heavy (non-hydrogen) atoms. The SMILES string of the molecule is CC(C)C(C)CNCc1ccc(C(N)=NO)cc1F. The molecule has 0 aliphatic heterocycles. The molecule has 0 saturated heterocycles. The minimum absolute atomic E-state index is 0.0909. The van der Waals surface area contributed by atoms with Gasteiger partial charge in [0.1, 0.15) is 5.82 Å². The van der Waals surface area contributed by atoms with E-state index >= 15 is 0 Å². The minimum atomic E-state index is -0.353. The maximum atomic E-state index is 13.8. The van der Waals surface area contributed by atoms with Crippen LogP contribution in [0.5, 0.6) is 0 Å². The van der Waals surface area contributed by atoms with E-state index in [1.807, 2.05) is 0 Å². The Hall–Kier alpha value is -1.62. The Labute approximate surface area is 113 Å². The summed E-state index contributed by atoms with van der Waals surface area (Å²) in [7, 11) is 0. The van der Waals surface area contributed by atoms with Gasteiger partial charge in [-0.15, -0.1) is 0 Å². The summed E-state index contributed by atoms with van der Waals surface area (Å²) in [5.74, 6) is 0.695. The summed E-state index contributed by atoms with van der Waals surface area (Å²) in [4.78, 5) is 0. The van der Waals surface area contributed by atoms with Crippen LogP contribution < -0.4 is 11.1 Å². The number of nitrogens with one attached hydrogen (secondary N) is 1. The second-order valence-electron chi connectivity index (χ2n) is 5.14. The number of amidine groups is 1. The van der Waals surface area contributed by atoms with Gasteiger partial charge in [0.15, 0.2) is 5.84 Å². The summed E-state index contributed by atoms with van der Waals surface area (Å²) >= 11 is 0. The maximum Gasteiger partial charge on any atom is 0.170 e. The van der Waals surface area contributed by atoms with Gasteiger partial charge in [-0.25, -0.2) is 4.39 Å². The molecule has 0 saturated carbocycles. The van der Waals surface area contributed by atoms with Crippen LogP contribution in [0.15, 0.2) is 23.4 Å². The van der Waals surface area contributed by atoms with Crippen LogP contribution in [-0.2, 0) is 6.54 Å². The molecule has 0 aliphatic carbocycles. The van der Waals surface area contributed by atoms with Crippen molar-refractivity contribution in [3.63, 3.8) is 0 Å². The summed E-state index contributed by atoms with van der Waals surface area (Å²) in [6, 6.07) is 4.56. The highest BCUT2D eigenvalue weighted by Crippen LogP contribution is 2.12. The minimum Gasteiger partial charge on any atom is -0.409 e. The highest BCUT2D eigenvalue weighted by molar-refractivity contribution is 5.97. The van der Waals surface area contributed by atoms with E-state index in [-0.39, 0.29) is 11.7 Å². The highest BCUT2D eigenvalue weighted by Gasteiger charge is 2.09. The van der Waals surface area contributed by atoms with Crippen LogP contribution in [0.3, 0.4) is 0 Å². The van der Waals surface area contributed by atoms with Crippen LogP contribution in [0.2, 0.25) is 0 Å². The van der Waals surface area contributed by atoms with E-state index in [9.17, 15) is 4.39 Å². The fraction of sp³-hybridized carbons (Fsp3) is 0.500. The van der Waals surface area contributed by atoms with Crippen molar-refractivity contribution < 1.29 is 9.60 Å². The van der Waals surface area contributed by atoms with Gasteiger partial charge in [-0.1, -0.05) is 38.1 Å². The summed E-state index contributed by atoms with van der Waals surface area (Å²) in [5, 5.41) is 14.6. The van der Waals surface area contributed by atoms with Crippen molar-refractivity contribution in [2.45, 2.75) is 27.3 Å². The number of rotatable bonds is 6. The van der Waals surface area contributed by atoms with Gasteiger partial charge in [-0.3, -0.25) is 0 Å². The van der Waals surface area contributed by atoms with Crippen LogP contribution >= 0.6 is 0 Å². The number of benzene rings is 1. The smallest absolute Gasteiger partial charge is 0.170 e. The summed E-state index contributed by atoms with van der Waals surface area (Å²) in [6.45, 7) is 7.81. The average Bonchev–Trinajstić information content (AvgIpc) is 2.39. The first kappa shape index (κ1) is 15.4. The molecule has 1 rings (SSSR count). The summed E-state index contributed by atoms with van der Waals surface area (Å²) in [6.07, 6.45) is 0. The van der Waals surface area contributed by atoms with Crippen molar-refractivity contribution >= 4 is 5.84 Å². The van der Waals surface area contributed by atoms with E-state index in [0.717, 1.165) is 6.54 Å². The Bertz CT molecular complexity index is 446. The molecule has 0 heterocycles. The van der Waals surface area contributed by atoms with Gasteiger partial charge < -0.3 is 16.3 Å². The third-order valence-electron chi connectivity index (χ3n) is 3.38. The third-order valence-corrected chi connectivity index (χ3v) is 3.38. The topological polar surface area (TPSA) is 70.6 Å². The normalized spacial score (nSPS) is 13.8. The zero-order valence-corrected chi connectivity index (χ0v) is 11.7. The first-order valence-corrected chi connectivity index (χ1v) is 6.42. The molecule has 5 heteroatoms. The molecule has 106 valence electrons. The van der Waals surface area contributed by atoms with Crippen molar-refractivity contribution in [1.82, 2.24) is 5.32 Å². The number of halogens is 1. The van der Waals surface area contributed by atoms with Crippen LogP contribution in [0.4, 0.5) is 4.39 Å². The fourth-order valence-corrected chi connectivity index (χ4v) is 1.58. The molecule has 1 aromatic rings. The van der Waals surface area contributed by atoms with Gasteiger partial charge in [0, 0.05) is 17.7 Å². The van der Waals surface area contributed by atoms with Gasteiger partial charge in [-0.2, -0.15) is 0 Å². The predicted octanol–water partition coefficient (Wildman–Crippen LogP) is 2.30. The first-order valence-electron chi connectivity index (χ1n) is 6.42. The zero-order chi connectivity index (χ0) is 14.4. The van der Waals surface area contributed by atoms with Gasteiger partial charge in [-0.05, 0) is 24.4 Å². The Morgan fingerprint density at radius 3 is 2.63 bits per heavy atom. The Balaban J connectivity index is 2.61. The molecule has 0 amide bonds. The van der Waals surface area contributed by atoms with E-state index in [1.165, 1.54) is 6.07 Å². The molecular formula is C14H22FN3O. The zero-order valence-electron chi connectivity index (χ0n) is 11.7. The quantitative estimate of drug-likeness (QED) is 0.320. The maximum absolute atomic E-state index is 13.8. The van der Waals surface area contributed by atoms with Gasteiger partial charge in [0.2, 0.25) is 0 Å². The van der Waals surface area contributed by atoms with E-state index in [2.05, 4.69) is 31.2 Å². The first-order chi connectivity index (χ1) is 8.95. The van der Waals surface area contributed by atoms with Crippen LogP contribution in [0.25, 0.3) is 0 Å². The monoisotopic (exact) mass is 267 g/mol. The van der Waals surface area contributed by atoms with Crippen molar-refractivity contribution in [3.8, 4) is 0 Å². The van der Waals surface area contributed by atoms with Crippen molar-refractivity contribution in [3.05, 3.63) is 35.1 Å². The second-order valence-corrected chi connectivity index (χ2v) is 5.14. The number of nitrogens with two attached hydrogens (primary N) is 1. The summed E-state index contributed by atoms with van der Waals surface area (Å²) in [5.41, 5.74) is 6.35. The van der Waals surface area contributed by atoms with Crippen LogP contribution in [0.1, 0.15) is 31.9 Å².